The molecule has 0 radical (unpaired) electrons. The third kappa shape index (κ3) is 1.76. The first-order valence-electron chi connectivity index (χ1n) is 5.91. The molecule has 3 rings (SSSR count). The van der Waals surface area contributed by atoms with Gasteiger partial charge in [-0.05, 0) is 44.5 Å². The van der Waals surface area contributed by atoms with Gasteiger partial charge in [0.2, 0.25) is 0 Å². The molecule has 2 aromatic heterocycles. The predicted molar refractivity (Wildman–Crippen MR) is 71.3 cm³/mol. The zero-order valence-electron chi connectivity index (χ0n) is 10.7. The predicted octanol–water partition coefficient (Wildman–Crippen LogP) is 2.95. The van der Waals surface area contributed by atoms with Crippen molar-refractivity contribution in [3.8, 4) is 11.4 Å². The van der Waals surface area contributed by atoms with Crippen LogP contribution in [0.3, 0.4) is 0 Å². The molecule has 18 heavy (non-hydrogen) atoms. The van der Waals surface area contributed by atoms with Crippen molar-refractivity contribution in [1.29, 1.82) is 0 Å². The molecule has 0 aliphatic heterocycles. The van der Waals surface area contributed by atoms with Crippen LogP contribution in [-0.2, 0) is 0 Å². The van der Waals surface area contributed by atoms with Crippen molar-refractivity contribution in [2.24, 2.45) is 0 Å². The fraction of sp³-hybridized carbons (Fsp3) is 0.214. The van der Waals surface area contributed by atoms with E-state index in [2.05, 4.69) is 39.2 Å². The number of hydrogen-bond donors (Lipinski definition) is 1. The minimum Gasteiger partial charge on any atom is -0.338 e. The lowest BCUT2D eigenvalue weighted by atomic mass is 10.2. The van der Waals surface area contributed by atoms with E-state index in [4.69, 9.17) is 0 Å². The standard InChI is InChI=1S/C14H14N4/c1-8-4-5-12-13(6-8)16-14(15-12)11-7-9(2)17-18-10(11)3/h4-7H,1-3H3,(H,15,16). The number of nitrogens with zero attached hydrogens (tertiary/aromatic N) is 3. The van der Waals surface area contributed by atoms with E-state index in [1.165, 1.54) is 5.56 Å². The zero-order chi connectivity index (χ0) is 12.7. The second-order valence-electron chi connectivity index (χ2n) is 4.59. The maximum absolute atomic E-state index is 4.60. The van der Waals surface area contributed by atoms with Gasteiger partial charge in [-0.15, -0.1) is 0 Å². The van der Waals surface area contributed by atoms with Gasteiger partial charge in [0.25, 0.3) is 0 Å². The third-order valence-electron chi connectivity index (χ3n) is 2.99. The molecule has 4 nitrogen and oxygen atoms in total. The van der Waals surface area contributed by atoms with Crippen molar-refractivity contribution in [3.63, 3.8) is 0 Å². The molecule has 0 atom stereocenters. The summed E-state index contributed by atoms with van der Waals surface area (Å²) >= 11 is 0. The second-order valence-corrected chi connectivity index (χ2v) is 4.59. The average Bonchev–Trinajstić information content (AvgIpc) is 2.74. The summed E-state index contributed by atoms with van der Waals surface area (Å²) in [5, 5.41) is 8.17. The Hall–Kier alpha value is -2.23. The highest BCUT2D eigenvalue weighted by Gasteiger charge is 2.09. The molecule has 0 saturated carbocycles. The molecular formula is C14H14N4. The molecule has 90 valence electrons. The fourth-order valence-electron chi connectivity index (χ4n) is 2.04. The number of aromatic amines is 1. The summed E-state index contributed by atoms with van der Waals surface area (Å²) in [7, 11) is 0. The van der Waals surface area contributed by atoms with Gasteiger partial charge in [0.15, 0.2) is 0 Å². The molecule has 4 heteroatoms. The summed E-state index contributed by atoms with van der Waals surface area (Å²) in [6.45, 7) is 5.95. The highest BCUT2D eigenvalue weighted by molar-refractivity contribution is 5.80. The van der Waals surface area contributed by atoms with E-state index in [0.29, 0.717) is 0 Å². The van der Waals surface area contributed by atoms with Crippen LogP contribution in [0.25, 0.3) is 22.4 Å². The van der Waals surface area contributed by atoms with Crippen LogP contribution in [0.2, 0.25) is 0 Å². The van der Waals surface area contributed by atoms with Crippen molar-refractivity contribution in [1.82, 2.24) is 20.2 Å². The number of aromatic nitrogens is 4. The summed E-state index contributed by atoms with van der Waals surface area (Å²) < 4.78 is 0. The van der Waals surface area contributed by atoms with Gasteiger partial charge in [-0.1, -0.05) is 6.07 Å². The van der Waals surface area contributed by atoms with Crippen LogP contribution in [0.5, 0.6) is 0 Å². The Morgan fingerprint density at radius 3 is 2.67 bits per heavy atom. The van der Waals surface area contributed by atoms with Gasteiger partial charge >= 0.3 is 0 Å². The van der Waals surface area contributed by atoms with E-state index < -0.39 is 0 Å². The molecule has 0 aliphatic carbocycles. The summed E-state index contributed by atoms with van der Waals surface area (Å²) in [5.41, 5.74) is 6.04. The number of H-pyrrole nitrogens is 1. The number of hydrogen-bond acceptors (Lipinski definition) is 3. The van der Waals surface area contributed by atoms with Crippen LogP contribution in [0, 0.1) is 20.8 Å². The van der Waals surface area contributed by atoms with E-state index in [1.807, 2.05) is 26.0 Å². The van der Waals surface area contributed by atoms with Crippen LogP contribution >= 0.6 is 0 Å². The number of nitrogens with one attached hydrogen (secondary N) is 1. The van der Waals surface area contributed by atoms with Crippen LogP contribution in [0.4, 0.5) is 0 Å². The van der Waals surface area contributed by atoms with Crippen molar-refractivity contribution in [3.05, 3.63) is 41.2 Å². The Morgan fingerprint density at radius 1 is 1.00 bits per heavy atom. The quantitative estimate of drug-likeness (QED) is 0.709. The van der Waals surface area contributed by atoms with E-state index in [-0.39, 0.29) is 0 Å². The van der Waals surface area contributed by atoms with E-state index >= 15 is 0 Å². The molecule has 1 aromatic carbocycles. The normalized spacial score (nSPS) is 11.1. The monoisotopic (exact) mass is 238 g/mol. The van der Waals surface area contributed by atoms with Crippen molar-refractivity contribution < 1.29 is 0 Å². The molecule has 2 heterocycles. The Bertz CT molecular complexity index is 728. The number of rotatable bonds is 1. The molecule has 0 saturated heterocycles. The van der Waals surface area contributed by atoms with Crippen LogP contribution in [0.15, 0.2) is 24.3 Å². The molecule has 3 aromatic rings. The summed E-state index contributed by atoms with van der Waals surface area (Å²) in [5.74, 6) is 0.853. The molecular weight excluding hydrogens is 224 g/mol. The van der Waals surface area contributed by atoms with E-state index in [1.54, 1.807) is 0 Å². The second kappa shape index (κ2) is 3.91. The first-order valence-corrected chi connectivity index (χ1v) is 5.91. The maximum Gasteiger partial charge on any atom is 0.140 e. The molecule has 0 aliphatic rings. The molecule has 0 amide bonds. The number of imidazole rings is 1. The lowest BCUT2D eigenvalue weighted by molar-refractivity contribution is 0.940. The van der Waals surface area contributed by atoms with Gasteiger partial charge in [-0.25, -0.2) is 4.98 Å². The fourth-order valence-corrected chi connectivity index (χ4v) is 2.04. The molecule has 0 spiro atoms. The van der Waals surface area contributed by atoms with Gasteiger partial charge in [0.1, 0.15) is 5.82 Å². The van der Waals surface area contributed by atoms with E-state index in [9.17, 15) is 0 Å². The Balaban J connectivity index is 2.22. The summed E-state index contributed by atoms with van der Waals surface area (Å²) in [6.07, 6.45) is 0. The molecule has 1 N–H and O–H groups in total. The Morgan fingerprint density at radius 2 is 1.83 bits per heavy atom. The highest BCUT2D eigenvalue weighted by atomic mass is 15.1. The topological polar surface area (TPSA) is 54.5 Å². The first kappa shape index (κ1) is 10.9. The van der Waals surface area contributed by atoms with E-state index in [0.717, 1.165) is 33.8 Å². The Kier molecular flexibility index (Phi) is 2.37. The number of fused-ring (bicyclic) bond motifs is 1. The Labute approximate surface area is 105 Å². The van der Waals surface area contributed by atoms with Gasteiger partial charge in [-0.2, -0.15) is 10.2 Å². The first-order chi connectivity index (χ1) is 8.63. The lowest BCUT2D eigenvalue weighted by Gasteiger charge is -2.01. The lowest BCUT2D eigenvalue weighted by Crippen LogP contribution is -1.94. The number of benzene rings is 1. The molecule has 0 fully saturated rings. The maximum atomic E-state index is 4.60. The smallest absolute Gasteiger partial charge is 0.140 e. The highest BCUT2D eigenvalue weighted by Crippen LogP contribution is 2.23. The van der Waals surface area contributed by atoms with Crippen LogP contribution < -0.4 is 0 Å². The van der Waals surface area contributed by atoms with Crippen LogP contribution in [-0.4, -0.2) is 20.2 Å². The SMILES string of the molecule is Cc1ccc2nc(-c3cc(C)nnc3C)[nH]c2c1. The molecule has 0 bridgehead atoms. The minimum atomic E-state index is 0.853. The summed E-state index contributed by atoms with van der Waals surface area (Å²) in [4.78, 5) is 7.94. The van der Waals surface area contributed by atoms with Crippen molar-refractivity contribution >= 4 is 11.0 Å². The van der Waals surface area contributed by atoms with Crippen molar-refractivity contribution in [2.75, 3.05) is 0 Å². The number of aryl methyl sites for hydroxylation is 3. The van der Waals surface area contributed by atoms with Gasteiger partial charge in [-0.3, -0.25) is 0 Å². The largest absolute Gasteiger partial charge is 0.338 e. The third-order valence-corrected chi connectivity index (χ3v) is 2.99. The van der Waals surface area contributed by atoms with Gasteiger partial charge < -0.3 is 4.98 Å². The molecule has 0 unspecified atom stereocenters. The average molecular weight is 238 g/mol. The van der Waals surface area contributed by atoms with Crippen LogP contribution in [0.1, 0.15) is 17.0 Å². The minimum absolute atomic E-state index is 0.853. The van der Waals surface area contributed by atoms with Crippen molar-refractivity contribution in [2.45, 2.75) is 20.8 Å². The van der Waals surface area contributed by atoms with Gasteiger partial charge in [0, 0.05) is 5.56 Å². The van der Waals surface area contributed by atoms with Gasteiger partial charge in [0.05, 0.1) is 22.4 Å². The zero-order valence-corrected chi connectivity index (χ0v) is 10.7. The summed E-state index contributed by atoms with van der Waals surface area (Å²) in [6, 6.07) is 8.20.